The Balaban J connectivity index is -0.000000376. The monoisotopic (exact) mass is 249 g/mol. The van der Waals surface area contributed by atoms with Crippen molar-refractivity contribution in [3.8, 4) is 0 Å². The fourth-order valence-electron chi connectivity index (χ4n) is 0.950. The molecule has 0 heterocycles. The summed E-state index contributed by atoms with van der Waals surface area (Å²) in [5.74, 6) is 0. The largest absolute Gasteiger partial charge is 0.151 e. The highest BCUT2D eigenvalue weighted by molar-refractivity contribution is 8.05. The second-order valence-electron chi connectivity index (χ2n) is 2.72. The Hall–Kier alpha value is -0.280. The van der Waals surface area contributed by atoms with Crippen LogP contribution in [0, 0.1) is 0 Å². The van der Waals surface area contributed by atoms with Crippen molar-refractivity contribution < 1.29 is 4.48 Å². The Bertz CT molecular complexity index is 171. The SMILES string of the molecule is C=CSC(=C(C)C)C(CC)NF.CC.CC. The molecule has 1 atom stereocenters. The number of allylic oxidation sites excluding steroid dienone is 1. The maximum Gasteiger partial charge on any atom is 0.0680 e. The minimum atomic E-state index is -0.182. The van der Waals surface area contributed by atoms with Crippen LogP contribution in [0.3, 0.4) is 0 Å². The van der Waals surface area contributed by atoms with Gasteiger partial charge in [-0.1, -0.05) is 46.8 Å². The second kappa shape index (κ2) is 17.1. The molecule has 1 nitrogen and oxygen atoms in total. The van der Waals surface area contributed by atoms with Gasteiger partial charge in [-0.3, -0.25) is 0 Å². The molecule has 0 aromatic heterocycles. The van der Waals surface area contributed by atoms with Gasteiger partial charge in [-0.05, 0) is 25.7 Å². The number of nitrogens with one attached hydrogen (secondary N) is 1. The summed E-state index contributed by atoms with van der Waals surface area (Å²) in [4.78, 5) is 1.02. The van der Waals surface area contributed by atoms with Crippen molar-refractivity contribution in [2.45, 2.75) is 60.9 Å². The number of thioether (sulfide) groups is 1. The zero-order chi connectivity index (χ0) is 13.6. The van der Waals surface area contributed by atoms with Crippen LogP contribution in [0.25, 0.3) is 0 Å². The smallest absolute Gasteiger partial charge is 0.0680 e. The van der Waals surface area contributed by atoms with E-state index in [9.17, 15) is 4.48 Å². The number of hydrogen-bond donors (Lipinski definition) is 1. The first-order chi connectivity index (χ1) is 7.67. The Morgan fingerprint density at radius 3 is 1.94 bits per heavy atom. The molecular weight excluding hydrogens is 221 g/mol. The highest BCUT2D eigenvalue weighted by Gasteiger charge is 2.12. The molecule has 0 amide bonds. The minimum Gasteiger partial charge on any atom is -0.151 e. The molecule has 0 aromatic carbocycles. The molecule has 0 fully saturated rings. The van der Waals surface area contributed by atoms with Crippen LogP contribution in [-0.4, -0.2) is 6.04 Å². The molecule has 0 rings (SSSR count). The fraction of sp³-hybridized carbons (Fsp3) is 0.692. The summed E-state index contributed by atoms with van der Waals surface area (Å²) in [6, 6.07) is -0.182. The summed E-state index contributed by atoms with van der Waals surface area (Å²) in [5, 5.41) is 1.72. The van der Waals surface area contributed by atoms with Gasteiger partial charge in [0.25, 0.3) is 0 Å². The second-order valence-corrected chi connectivity index (χ2v) is 3.73. The molecule has 3 heteroatoms. The molecule has 0 spiro atoms. The number of halogens is 1. The zero-order valence-electron chi connectivity index (χ0n) is 11.9. The Labute approximate surface area is 106 Å². The van der Waals surface area contributed by atoms with Crippen molar-refractivity contribution in [2.24, 2.45) is 0 Å². The van der Waals surface area contributed by atoms with Gasteiger partial charge in [-0.15, -0.1) is 16.2 Å². The number of rotatable bonds is 5. The van der Waals surface area contributed by atoms with E-state index in [0.29, 0.717) is 0 Å². The van der Waals surface area contributed by atoms with Gasteiger partial charge < -0.3 is 0 Å². The quantitative estimate of drug-likeness (QED) is 0.649. The molecule has 1 N–H and O–H groups in total. The van der Waals surface area contributed by atoms with Crippen molar-refractivity contribution in [1.29, 1.82) is 0 Å². The van der Waals surface area contributed by atoms with E-state index in [1.807, 2.05) is 48.5 Å². The first kappa shape index (κ1) is 21.1. The van der Waals surface area contributed by atoms with Gasteiger partial charge in [0, 0.05) is 4.91 Å². The lowest BCUT2D eigenvalue weighted by molar-refractivity contribution is 0.292. The molecule has 98 valence electrons. The van der Waals surface area contributed by atoms with E-state index < -0.39 is 0 Å². The average molecular weight is 249 g/mol. The normalized spacial score (nSPS) is 10.0. The van der Waals surface area contributed by atoms with E-state index in [1.165, 1.54) is 11.8 Å². The Morgan fingerprint density at radius 2 is 1.75 bits per heavy atom. The zero-order valence-corrected chi connectivity index (χ0v) is 12.7. The topological polar surface area (TPSA) is 12.0 Å². The lowest BCUT2D eigenvalue weighted by Crippen LogP contribution is -2.22. The fourth-order valence-corrected chi connectivity index (χ4v) is 1.74. The summed E-state index contributed by atoms with van der Waals surface area (Å²) in [5.41, 5.74) is 2.93. The molecule has 16 heavy (non-hydrogen) atoms. The molecule has 0 aromatic rings. The third-order valence-electron chi connectivity index (χ3n) is 1.56. The van der Waals surface area contributed by atoms with E-state index in [1.54, 1.807) is 10.9 Å². The lowest BCUT2D eigenvalue weighted by Gasteiger charge is -2.15. The van der Waals surface area contributed by atoms with Crippen LogP contribution in [0.5, 0.6) is 0 Å². The van der Waals surface area contributed by atoms with E-state index in [0.717, 1.165) is 16.9 Å². The maximum atomic E-state index is 12.3. The van der Waals surface area contributed by atoms with Gasteiger partial charge in [0.2, 0.25) is 0 Å². The molecule has 0 aliphatic heterocycles. The molecule has 0 aliphatic rings. The van der Waals surface area contributed by atoms with E-state index >= 15 is 0 Å². The van der Waals surface area contributed by atoms with Crippen molar-refractivity contribution in [3.05, 3.63) is 22.5 Å². The van der Waals surface area contributed by atoms with Crippen molar-refractivity contribution in [2.75, 3.05) is 0 Å². The number of hydrogen-bond acceptors (Lipinski definition) is 2. The van der Waals surface area contributed by atoms with Crippen LogP contribution >= 0.6 is 11.8 Å². The van der Waals surface area contributed by atoms with Crippen LogP contribution in [-0.2, 0) is 0 Å². The molecule has 0 radical (unpaired) electrons. The predicted molar refractivity (Wildman–Crippen MR) is 77.2 cm³/mol. The highest BCUT2D eigenvalue weighted by Crippen LogP contribution is 2.25. The predicted octanol–water partition coefficient (Wildman–Crippen LogP) is 5.46. The first-order valence-electron chi connectivity index (χ1n) is 5.98. The van der Waals surface area contributed by atoms with Crippen LogP contribution in [0.15, 0.2) is 22.5 Å². The summed E-state index contributed by atoms with van der Waals surface area (Å²) in [6.07, 6.45) is 0.748. The van der Waals surface area contributed by atoms with Gasteiger partial charge in [-0.25, -0.2) is 0 Å². The molecule has 0 bridgehead atoms. The van der Waals surface area contributed by atoms with Gasteiger partial charge in [0.1, 0.15) is 0 Å². The first-order valence-corrected chi connectivity index (χ1v) is 6.86. The lowest BCUT2D eigenvalue weighted by atomic mass is 10.1. The third-order valence-corrected chi connectivity index (χ3v) is 2.67. The highest BCUT2D eigenvalue weighted by atomic mass is 32.2. The molecule has 1 unspecified atom stereocenters. The van der Waals surface area contributed by atoms with Crippen molar-refractivity contribution in [1.82, 2.24) is 5.54 Å². The average Bonchev–Trinajstić information content (AvgIpc) is 2.34. The van der Waals surface area contributed by atoms with Gasteiger partial charge in [0.05, 0.1) is 6.04 Å². The molecule has 0 aliphatic carbocycles. The summed E-state index contributed by atoms with van der Waals surface area (Å²) in [6.45, 7) is 17.5. The summed E-state index contributed by atoms with van der Waals surface area (Å²) < 4.78 is 12.3. The standard InChI is InChI=1S/C9H16FNS.2C2H6/c1-5-8(11-10)9(7(3)4)12-6-2;2*1-2/h6,8,11H,2,5H2,1,3-4H3;2*1-2H3. The maximum absolute atomic E-state index is 12.3. The van der Waals surface area contributed by atoms with Gasteiger partial charge in [0.15, 0.2) is 0 Å². The van der Waals surface area contributed by atoms with Crippen LogP contribution < -0.4 is 5.54 Å². The van der Waals surface area contributed by atoms with Gasteiger partial charge in [-0.2, -0.15) is 5.54 Å². The van der Waals surface area contributed by atoms with E-state index in [-0.39, 0.29) is 6.04 Å². The summed E-state index contributed by atoms with van der Waals surface area (Å²) in [7, 11) is 0. The summed E-state index contributed by atoms with van der Waals surface area (Å²) >= 11 is 1.48. The van der Waals surface area contributed by atoms with Crippen molar-refractivity contribution in [3.63, 3.8) is 0 Å². The third kappa shape index (κ3) is 10.2. The van der Waals surface area contributed by atoms with E-state index in [2.05, 4.69) is 6.58 Å². The minimum absolute atomic E-state index is 0.182. The van der Waals surface area contributed by atoms with Crippen LogP contribution in [0.4, 0.5) is 4.48 Å². The van der Waals surface area contributed by atoms with Crippen LogP contribution in [0.2, 0.25) is 0 Å². The Morgan fingerprint density at radius 1 is 1.31 bits per heavy atom. The van der Waals surface area contributed by atoms with E-state index in [4.69, 9.17) is 0 Å². The molecule has 0 saturated heterocycles. The van der Waals surface area contributed by atoms with Crippen LogP contribution in [0.1, 0.15) is 54.9 Å². The van der Waals surface area contributed by atoms with Gasteiger partial charge >= 0.3 is 0 Å². The molecule has 0 saturated carbocycles. The molecular formula is C13H28FNS. The van der Waals surface area contributed by atoms with Crippen molar-refractivity contribution >= 4 is 11.8 Å². The Kier molecular flexibility index (Phi) is 22.5.